The zero-order valence-electron chi connectivity index (χ0n) is 9.59. The first-order valence-corrected chi connectivity index (χ1v) is 8.16. The number of thiophene rings is 2. The Balaban J connectivity index is 2.34. The summed E-state index contributed by atoms with van der Waals surface area (Å²) in [4.78, 5) is 3.91. The lowest BCUT2D eigenvalue weighted by molar-refractivity contribution is 0.648. The maximum absolute atomic E-state index is 6.01. The van der Waals surface area contributed by atoms with Crippen LogP contribution in [0.15, 0.2) is 22.7 Å². The minimum absolute atomic E-state index is 0.257. The molecule has 0 amide bonds. The lowest BCUT2D eigenvalue weighted by Crippen LogP contribution is -2.20. The van der Waals surface area contributed by atoms with E-state index in [4.69, 9.17) is 11.6 Å². The summed E-state index contributed by atoms with van der Waals surface area (Å²) in [6.45, 7) is 5.19. The minimum atomic E-state index is 0.257. The molecule has 2 aromatic rings. The van der Waals surface area contributed by atoms with Crippen LogP contribution in [0, 0.1) is 6.92 Å². The highest BCUT2D eigenvalue weighted by molar-refractivity contribution is 9.10. The lowest BCUT2D eigenvalue weighted by Gasteiger charge is -2.14. The molecule has 0 radical (unpaired) electrons. The summed E-state index contributed by atoms with van der Waals surface area (Å²) in [5.74, 6) is 0. The third kappa shape index (κ3) is 3.12. The van der Waals surface area contributed by atoms with Crippen LogP contribution in [0.1, 0.15) is 27.6 Å². The quantitative estimate of drug-likeness (QED) is 0.796. The second-order valence-electron chi connectivity index (χ2n) is 3.69. The lowest BCUT2D eigenvalue weighted by atomic mass is 10.2. The Morgan fingerprint density at radius 2 is 2.12 bits per heavy atom. The van der Waals surface area contributed by atoms with E-state index in [-0.39, 0.29) is 6.04 Å². The predicted molar refractivity (Wildman–Crippen MR) is 81.6 cm³/mol. The summed E-state index contributed by atoms with van der Waals surface area (Å²) in [6, 6.07) is 6.51. The number of rotatable bonds is 4. The molecule has 0 aliphatic heterocycles. The predicted octanol–water partition coefficient (Wildman–Crippen LogP) is 5.23. The summed E-state index contributed by atoms with van der Waals surface area (Å²) < 4.78 is 2.03. The van der Waals surface area contributed by atoms with Gasteiger partial charge in [0.25, 0.3) is 0 Å². The number of hydrogen-bond acceptors (Lipinski definition) is 3. The molecule has 0 fully saturated rings. The van der Waals surface area contributed by atoms with Crippen molar-refractivity contribution in [2.24, 2.45) is 0 Å². The zero-order chi connectivity index (χ0) is 12.4. The molecule has 0 spiro atoms. The highest BCUT2D eigenvalue weighted by Crippen LogP contribution is 2.37. The van der Waals surface area contributed by atoms with Gasteiger partial charge in [-0.1, -0.05) is 18.5 Å². The van der Waals surface area contributed by atoms with E-state index >= 15 is 0 Å². The highest BCUT2D eigenvalue weighted by atomic mass is 79.9. The largest absolute Gasteiger partial charge is 0.305 e. The molecule has 0 aliphatic carbocycles. The molecule has 5 heteroatoms. The van der Waals surface area contributed by atoms with Gasteiger partial charge in [0.1, 0.15) is 0 Å². The van der Waals surface area contributed by atoms with Crippen molar-refractivity contribution < 1.29 is 0 Å². The second-order valence-corrected chi connectivity index (χ2v) is 7.57. The van der Waals surface area contributed by atoms with E-state index in [1.165, 1.54) is 19.1 Å². The molecular weight excluding hydrogens is 338 g/mol. The number of nitrogens with one attached hydrogen (secondary N) is 1. The van der Waals surface area contributed by atoms with E-state index < -0.39 is 0 Å². The summed E-state index contributed by atoms with van der Waals surface area (Å²) in [5, 5.41) is 3.51. The van der Waals surface area contributed by atoms with E-state index in [9.17, 15) is 0 Å². The summed E-state index contributed by atoms with van der Waals surface area (Å²) in [7, 11) is 0. The first-order chi connectivity index (χ1) is 8.11. The molecule has 17 heavy (non-hydrogen) atoms. The maximum atomic E-state index is 6.01. The van der Waals surface area contributed by atoms with Gasteiger partial charge in [-0.25, -0.2) is 0 Å². The van der Waals surface area contributed by atoms with E-state index in [0.29, 0.717) is 0 Å². The Hall–Kier alpha value is 0.130. The SMILES string of the molecule is CCNC(c1ccc(Cl)s1)c1cc(Br)c(C)s1. The van der Waals surface area contributed by atoms with E-state index in [2.05, 4.69) is 47.2 Å². The standard InChI is InChI=1S/C12H13BrClNS2/c1-3-15-12(9-4-5-11(14)17-9)10-6-8(13)7(2)16-10/h4-6,12,15H,3H2,1-2H3. The van der Waals surface area contributed by atoms with Crippen LogP contribution in [0.5, 0.6) is 0 Å². The summed E-state index contributed by atoms with van der Waals surface area (Å²) in [5.41, 5.74) is 0. The van der Waals surface area contributed by atoms with Gasteiger partial charge in [0.15, 0.2) is 0 Å². The van der Waals surface area contributed by atoms with Crippen LogP contribution >= 0.6 is 50.2 Å². The second kappa shape index (κ2) is 5.85. The molecule has 0 saturated heterocycles. The van der Waals surface area contributed by atoms with Gasteiger partial charge in [-0.2, -0.15) is 0 Å². The molecular formula is C12H13BrClNS2. The fourth-order valence-electron chi connectivity index (χ4n) is 1.65. The van der Waals surface area contributed by atoms with Gasteiger partial charge in [-0.3, -0.25) is 0 Å². The van der Waals surface area contributed by atoms with Gasteiger partial charge < -0.3 is 5.32 Å². The van der Waals surface area contributed by atoms with Gasteiger partial charge in [-0.05, 0) is 47.6 Å². The molecule has 2 rings (SSSR count). The van der Waals surface area contributed by atoms with Crippen LogP contribution in [0.2, 0.25) is 4.34 Å². The Morgan fingerprint density at radius 1 is 1.35 bits per heavy atom. The Labute approximate surface area is 123 Å². The first-order valence-electron chi connectivity index (χ1n) is 5.36. The molecule has 0 aromatic carbocycles. The van der Waals surface area contributed by atoms with Crippen LogP contribution < -0.4 is 5.32 Å². The van der Waals surface area contributed by atoms with Gasteiger partial charge >= 0.3 is 0 Å². The molecule has 0 bridgehead atoms. The average molecular weight is 351 g/mol. The maximum Gasteiger partial charge on any atom is 0.0931 e. The van der Waals surface area contributed by atoms with Gasteiger partial charge in [0, 0.05) is 19.1 Å². The molecule has 92 valence electrons. The van der Waals surface area contributed by atoms with Gasteiger partial charge in [0.2, 0.25) is 0 Å². The van der Waals surface area contributed by atoms with Crippen LogP contribution in [-0.2, 0) is 0 Å². The van der Waals surface area contributed by atoms with Gasteiger partial charge in [0.05, 0.1) is 10.4 Å². The highest BCUT2D eigenvalue weighted by Gasteiger charge is 2.18. The molecule has 2 aromatic heterocycles. The van der Waals surface area contributed by atoms with Crippen molar-refractivity contribution in [2.75, 3.05) is 6.54 Å². The van der Waals surface area contributed by atoms with Crippen molar-refractivity contribution in [2.45, 2.75) is 19.9 Å². The Kier molecular flexibility index (Phi) is 4.66. The van der Waals surface area contributed by atoms with Crippen molar-refractivity contribution >= 4 is 50.2 Å². The summed E-state index contributed by atoms with van der Waals surface area (Å²) >= 11 is 13.0. The zero-order valence-corrected chi connectivity index (χ0v) is 13.6. The van der Waals surface area contributed by atoms with Crippen molar-refractivity contribution in [3.63, 3.8) is 0 Å². The molecule has 1 unspecified atom stereocenters. The van der Waals surface area contributed by atoms with Crippen LogP contribution in [-0.4, -0.2) is 6.54 Å². The van der Waals surface area contributed by atoms with E-state index in [1.807, 2.05) is 17.4 Å². The molecule has 0 aliphatic rings. The first kappa shape index (κ1) is 13.6. The monoisotopic (exact) mass is 349 g/mol. The van der Waals surface area contributed by atoms with Crippen LogP contribution in [0.4, 0.5) is 0 Å². The third-order valence-corrected chi connectivity index (χ3v) is 5.95. The number of halogens is 2. The Bertz CT molecular complexity index is 487. The summed E-state index contributed by atoms with van der Waals surface area (Å²) in [6.07, 6.45) is 0. The smallest absolute Gasteiger partial charge is 0.0931 e. The minimum Gasteiger partial charge on any atom is -0.305 e. The van der Waals surface area contributed by atoms with Crippen LogP contribution in [0.3, 0.4) is 0 Å². The topological polar surface area (TPSA) is 12.0 Å². The average Bonchev–Trinajstić information content (AvgIpc) is 2.83. The fourth-order valence-corrected chi connectivity index (χ4v) is 4.54. The van der Waals surface area contributed by atoms with E-state index in [1.54, 1.807) is 11.3 Å². The molecule has 0 saturated carbocycles. The van der Waals surface area contributed by atoms with Gasteiger partial charge in [-0.15, -0.1) is 22.7 Å². The fraction of sp³-hybridized carbons (Fsp3) is 0.333. The normalized spacial score (nSPS) is 12.9. The van der Waals surface area contributed by atoms with Crippen molar-refractivity contribution in [1.29, 1.82) is 0 Å². The molecule has 1 N–H and O–H groups in total. The van der Waals surface area contributed by atoms with Crippen LogP contribution in [0.25, 0.3) is 0 Å². The van der Waals surface area contributed by atoms with Crippen molar-refractivity contribution in [1.82, 2.24) is 5.32 Å². The third-order valence-electron chi connectivity index (χ3n) is 2.45. The molecule has 1 nitrogen and oxygen atoms in total. The Morgan fingerprint density at radius 3 is 2.59 bits per heavy atom. The van der Waals surface area contributed by atoms with Crippen molar-refractivity contribution in [3.05, 3.63) is 41.6 Å². The number of aryl methyl sites for hydroxylation is 1. The molecule has 2 heterocycles. The molecule has 1 atom stereocenters. The van der Waals surface area contributed by atoms with Crippen molar-refractivity contribution in [3.8, 4) is 0 Å². The van der Waals surface area contributed by atoms with E-state index in [0.717, 1.165) is 10.9 Å². The number of hydrogen-bond donors (Lipinski definition) is 1.